The molecule has 1 heterocycles. The van der Waals surface area contributed by atoms with Gasteiger partial charge >= 0.3 is 5.97 Å². The molecule has 14 heavy (non-hydrogen) atoms. The van der Waals surface area contributed by atoms with Gasteiger partial charge in [0.2, 0.25) is 0 Å². The molecule has 1 aromatic heterocycles. The van der Waals surface area contributed by atoms with Gasteiger partial charge in [-0.3, -0.25) is 0 Å². The molecule has 0 spiro atoms. The molecule has 2 rings (SSSR count). The second kappa shape index (κ2) is 3.41. The Morgan fingerprint density at radius 1 is 1.50 bits per heavy atom. The molecular formula is C9H7Cl2NO2. The molecule has 0 aliphatic heterocycles. The summed E-state index contributed by atoms with van der Waals surface area (Å²) in [5.41, 5.74) is 0.683. The third kappa shape index (κ3) is 1.70. The molecule has 1 aromatic rings. The highest BCUT2D eigenvalue weighted by molar-refractivity contribution is 6.34. The Morgan fingerprint density at radius 3 is 2.64 bits per heavy atom. The number of aromatic nitrogens is 1. The number of nitrogens with zero attached hydrogens (tertiary/aromatic N) is 1. The minimum absolute atomic E-state index is 0.0174. The van der Waals surface area contributed by atoms with Gasteiger partial charge in [0.1, 0.15) is 5.15 Å². The van der Waals surface area contributed by atoms with Crippen LogP contribution in [0.5, 0.6) is 0 Å². The number of carboxylic acids is 1. The molecule has 5 heteroatoms. The van der Waals surface area contributed by atoms with Crippen molar-refractivity contribution in [3.63, 3.8) is 0 Å². The Labute approximate surface area is 90.7 Å². The van der Waals surface area contributed by atoms with E-state index < -0.39 is 5.97 Å². The summed E-state index contributed by atoms with van der Waals surface area (Å²) in [4.78, 5) is 14.7. The molecule has 0 bridgehead atoms. The number of halogens is 2. The molecule has 0 saturated heterocycles. The Kier molecular flexibility index (Phi) is 2.37. The average molecular weight is 232 g/mol. The second-order valence-corrected chi connectivity index (χ2v) is 4.04. The molecule has 0 amide bonds. The van der Waals surface area contributed by atoms with E-state index in [4.69, 9.17) is 28.3 Å². The van der Waals surface area contributed by atoms with Crippen LogP contribution < -0.4 is 0 Å². The lowest BCUT2D eigenvalue weighted by Gasteiger charge is -2.04. The Morgan fingerprint density at radius 2 is 2.14 bits per heavy atom. The summed E-state index contributed by atoms with van der Waals surface area (Å²) in [6.07, 6.45) is 2.10. The highest BCUT2D eigenvalue weighted by Crippen LogP contribution is 2.42. The topological polar surface area (TPSA) is 50.2 Å². The average Bonchev–Trinajstić information content (AvgIpc) is 2.91. The lowest BCUT2D eigenvalue weighted by molar-refractivity contribution is 0.0696. The van der Waals surface area contributed by atoms with Crippen molar-refractivity contribution in [2.24, 2.45) is 0 Å². The fourth-order valence-corrected chi connectivity index (χ4v) is 1.80. The Balaban J connectivity index is 2.48. The normalized spacial score (nSPS) is 15.6. The molecular weight excluding hydrogens is 225 g/mol. The van der Waals surface area contributed by atoms with E-state index in [1.807, 2.05) is 0 Å². The number of carbonyl (C=O) groups is 1. The summed E-state index contributed by atoms with van der Waals surface area (Å²) in [7, 11) is 0. The van der Waals surface area contributed by atoms with Crippen LogP contribution in [0.2, 0.25) is 10.2 Å². The van der Waals surface area contributed by atoms with Crippen molar-refractivity contribution in [1.29, 1.82) is 0 Å². The molecule has 1 N–H and O–H groups in total. The van der Waals surface area contributed by atoms with Crippen LogP contribution in [0.3, 0.4) is 0 Å². The van der Waals surface area contributed by atoms with Gasteiger partial charge in [-0.2, -0.15) is 0 Å². The molecule has 1 aliphatic rings. The summed E-state index contributed by atoms with van der Waals surface area (Å²) in [5.74, 6) is -0.741. The zero-order valence-electron chi connectivity index (χ0n) is 7.13. The standard InChI is InChI=1S/C9H7Cl2NO2/c10-6-3-5(9(13)14)8(11)12-7(6)4-1-2-4/h3-4H,1-2H2,(H,13,14). The van der Waals surface area contributed by atoms with E-state index in [1.54, 1.807) is 0 Å². The number of hydrogen-bond acceptors (Lipinski definition) is 2. The van der Waals surface area contributed by atoms with E-state index in [-0.39, 0.29) is 10.7 Å². The zero-order chi connectivity index (χ0) is 10.3. The van der Waals surface area contributed by atoms with Crippen molar-refractivity contribution >= 4 is 29.2 Å². The maximum atomic E-state index is 10.7. The van der Waals surface area contributed by atoms with Gasteiger partial charge in [0.05, 0.1) is 16.3 Å². The number of hydrogen-bond donors (Lipinski definition) is 1. The molecule has 74 valence electrons. The van der Waals surface area contributed by atoms with Crippen molar-refractivity contribution in [1.82, 2.24) is 4.98 Å². The highest BCUT2D eigenvalue weighted by atomic mass is 35.5. The van der Waals surface area contributed by atoms with Crippen LogP contribution in [-0.2, 0) is 0 Å². The van der Waals surface area contributed by atoms with Crippen molar-refractivity contribution in [2.75, 3.05) is 0 Å². The van der Waals surface area contributed by atoms with E-state index in [2.05, 4.69) is 4.98 Å². The van der Waals surface area contributed by atoms with Crippen LogP contribution in [0.1, 0.15) is 34.8 Å². The number of pyridine rings is 1. The smallest absolute Gasteiger partial charge is 0.338 e. The molecule has 0 radical (unpaired) electrons. The van der Waals surface area contributed by atoms with E-state index in [0.717, 1.165) is 18.5 Å². The van der Waals surface area contributed by atoms with Gasteiger partial charge < -0.3 is 5.11 Å². The quantitative estimate of drug-likeness (QED) is 0.797. The van der Waals surface area contributed by atoms with Gasteiger partial charge in [0, 0.05) is 5.92 Å². The van der Waals surface area contributed by atoms with Crippen molar-refractivity contribution in [3.05, 3.63) is 27.5 Å². The first-order valence-electron chi connectivity index (χ1n) is 4.19. The van der Waals surface area contributed by atoms with Gasteiger partial charge in [0.25, 0.3) is 0 Å². The molecule has 1 saturated carbocycles. The number of rotatable bonds is 2. The van der Waals surface area contributed by atoms with Crippen LogP contribution in [0.4, 0.5) is 0 Å². The first-order chi connectivity index (χ1) is 6.59. The maximum Gasteiger partial charge on any atom is 0.338 e. The van der Waals surface area contributed by atoms with E-state index >= 15 is 0 Å². The van der Waals surface area contributed by atoms with Gasteiger partial charge in [-0.05, 0) is 18.9 Å². The summed E-state index contributed by atoms with van der Waals surface area (Å²) < 4.78 is 0. The monoisotopic (exact) mass is 231 g/mol. The Bertz CT molecular complexity index is 402. The van der Waals surface area contributed by atoms with Gasteiger partial charge in [-0.25, -0.2) is 9.78 Å². The molecule has 3 nitrogen and oxygen atoms in total. The first-order valence-corrected chi connectivity index (χ1v) is 4.94. The van der Waals surface area contributed by atoms with Crippen LogP contribution in [-0.4, -0.2) is 16.1 Å². The molecule has 0 aromatic carbocycles. The fourth-order valence-electron chi connectivity index (χ4n) is 1.27. The second-order valence-electron chi connectivity index (χ2n) is 3.27. The lowest BCUT2D eigenvalue weighted by atomic mass is 10.2. The number of aromatic carboxylic acids is 1. The van der Waals surface area contributed by atoms with Crippen molar-refractivity contribution in [3.8, 4) is 0 Å². The lowest BCUT2D eigenvalue weighted by Crippen LogP contribution is -2.01. The fraction of sp³-hybridized carbons (Fsp3) is 0.333. The summed E-state index contributed by atoms with van der Waals surface area (Å²) in [6, 6.07) is 1.37. The summed E-state index contributed by atoms with van der Waals surface area (Å²) in [5, 5.41) is 9.17. The van der Waals surface area contributed by atoms with Crippen LogP contribution in [0, 0.1) is 0 Å². The van der Waals surface area contributed by atoms with E-state index in [1.165, 1.54) is 6.07 Å². The third-order valence-electron chi connectivity index (χ3n) is 2.15. The summed E-state index contributed by atoms with van der Waals surface area (Å²) in [6.45, 7) is 0. The maximum absolute atomic E-state index is 10.7. The minimum Gasteiger partial charge on any atom is -0.478 e. The first kappa shape index (κ1) is 9.74. The molecule has 1 aliphatic carbocycles. The van der Waals surface area contributed by atoms with Crippen LogP contribution in [0.25, 0.3) is 0 Å². The molecule has 1 fully saturated rings. The van der Waals surface area contributed by atoms with E-state index in [0.29, 0.717) is 10.9 Å². The highest BCUT2D eigenvalue weighted by Gasteiger charge is 2.28. The molecule has 0 atom stereocenters. The largest absolute Gasteiger partial charge is 0.478 e. The minimum atomic E-state index is -1.10. The van der Waals surface area contributed by atoms with Gasteiger partial charge in [-0.15, -0.1) is 0 Å². The molecule has 0 unspecified atom stereocenters. The predicted octanol–water partition coefficient (Wildman–Crippen LogP) is 2.96. The number of carboxylic acid groups (broad SMARTS) is 1. The van der Waals surface area contributed by atoms with E-state index in [9.17, 15) is 4.79 Å². The SMILES string of the molecule is O=C(O)c1cc(Cl)c(C2CC2)nc1Cl. The van der Waals surface area contributed by atoms with Crippen LogP contribution in [0.15, 0.2) is 6.07 Å². The third-order valence-corrected chi connectivity index (χ3v) is 2.74. The van der Waals surface area contributed by atoms with Gasteiger partial charge in [0.15, 0.2) is 0 Å². The van der Waals surface area contributed by atoms with Crippen molar-refractivity contribution < 1.29 is 9.90 Å². The van der Waals surface area contributed by atoms with Gasteiger partial charge in [-0.1, -0.05) is 23.2 Å². The summed E-state index contributed by atoms with van der Waals surface area (Å²) >= 11 is 11.6. The van der Waals surface area contributed by atoms with Crippen LogP contribution >= 0.6 is 23.2 Å². The van der Waals surface area contributed by atoms with Crippen molar-refractivity contribution in [2.45, 2.75) is 18.8 Å². The Hall–Kier alpha value is -0.800. The zero-order valence-corrected chi connectivity index (χ0v) is 8.64. The predicted molar refractivity (Wildman–Crippen MR) is 53.2 cm³/mol.